The van der Waals surface area contributed by atoms with Crippen molar-refractivity contribution in [1.29, 1.82) is 0 Å². The molecule has 152 valence electrons. The van der Waals surface area contributed by atoms with Crippen molar-refractivity contribution in [2.45, 2.75) is 12.8 Å². The highest BCUT2D eigenvalue weighted by atomic mass is 16.2. The second kappa shape index (κ2) is 9.35. The number of benzene rings is 2. The molecule has 0 spiro atoms. The Morgan fingerprint density at radius 2 is 1.67 bits per heavy atom. The molecule has 1 aliphatic rings. The number of hydrogen-bond acceptors (Lipinski definition) is 3. The third-order valence-corrected chi connectivity index (χ3v) is 5.50. The predicted octanol–water partition coefficient (Wildman–Crippen LogP) is 4.03. The van der Waals surface area contributed by atoms with Crippen LogP contribution in [-0.4, -0.2) is 41.3 Å². The van der Waals surface area contributed by atoms with Crippen molar-refractivity contribution in [3.63, 3.8) is 0 Å². The van der Waals surface area contributed by atoms with Crippen LogP contribution in [0.4, 0.5) is 0 Å². The van der Waals surface area contributed by atoms with Gasteiger partial charge in [-0.3, -0.25) is 14.6 Å². The van der Waals surface area contributed by atoms with Crippen LogP contribution in [0.5, 0.6) is 0 Å². The number of carbonyl (C=O) groups excluding carboxylic acids is 2. The fraction of sp³-hybridized carbons (Fsp3) is 0.240. The number of nitrogens with zero attached hydrogens (tertiary/aromatic N) is 2. The molecule has 1 atom stereocenters. The minimum Gasteiger partial charge on any atom is -0.352 e. The minimum absolute atomic E-state index is 0.0388. The molecular weight excluding hydrogens is 374 g/mol. The van der Waals surface area contributed by atoms with E-state index in [9.17, 15) is 9.59 Å². The predicted molar refractivity (Wildman–Crippen MR) is 117 cm³/mol. The van der Waals surface area contributed by atoms with Gasteiger partial charge in [0.1, 0.15) is 5.69 Å². The van der Waals surface area contributed by atoms with E-state index in [1.165, 1.54) is 0 Å². The summed E-state index contributed by atoms with van der Waals surface area (Å²) < 4.78 is 0. The molecule has 2 amide bonds. The maximum absolute atomic E-state index is 12.6. The first-order chi connectivity index (χ1) is 14.7. The van der Waals surface area contributed by atoms with Gasteiger partial charge in [0.05, 0.1) is 0 Å². The summed E-state index contributed by atoms with van der Waals surface area (Å²) in [6.45, 7) is 1.94. The number of amides is 2. The lowest BCUT2D eigenvalue weighted by atomic mass is 9.97. The number of rotatable bonds is 5. The quantitative estimate of drug-likeness (QED) is 0.705. The first-order valence-electron chi connectivity index (χ1n) is 10.3. The first kappa shape index (κ1) is 19.8. The van der Waals surface area contributed by atoms with E-state index in [4.69, 9.17) is 0 Å². The zero-order chi connectivity index (χ0) is 20.8. The molecule has 0 radical (unpaired) electrons. The molecule has 5 nitrogen and oxygen atoms in total. The van der Waals surface area contributed by atoms with Crippen LogP contribution in [0.3, 0.4) is 0 Å². The van der Waals surface area contributed by atoms with Gasteiger partial charge in [0.15, 0.2) is 0 Å². The molecule has 1 aliphatic heterocycles. The number of pyridine rings is 1. The van der Waals surface area contributed by atoms with Crippen molar-refractivity contribution in [2.24, 2.45) is 5.92 Å². The Hall–Kier alpha value is -3.47. The fourth-order valence-electron chi connectivity index (χ4n) is 3.85. The van der Waals surface area contributed by atoms with Crippen LogP contribution in [0.25, 0.3) is 11.1 Å². The Bertz CT molecular complexity index is 988. The topological polar surface area (TPSA) is 62.3 Å². The minimum atomic E-state index is -0.0808. The second-order valence-electron chi connectivity index (χ2n) is 7.63. The van der Waals surface area contributed by atoms with Gasteiger partial charge < -0.3 is 10.2 Å². The number of aromatic nitrogens is 1. The molecule has 1 fully saturated rings. The zero-order valence-corrected chi connectivity index (χ0v) is 16.8. The third-order valence-electron chi connectivity index (χ3n) is 5.50. The van der Waals surface area contributed by atoms with Crippen LogP contribution in [0.1, 0.15) is 33.7 Å². The van der Waals surface area contributed by atoms with Crippen molar-refractivity contribution in [3.8, 4) is 11.1 Å². The average Bonchev–Trinajstić information content (AvgIpc) is 2.83. The molecule has 0 saturated carbocycles. The number of hydrogen-bond donors (Lipinski definition) is 1. The van der Waals surface area contributed by atoms with Crippen LogP contribution in [0, 0.1) is 5.92 Å². The van der Waals surface area contributed by atoms with Crippen molar-refractivity contribution in [1.82, 2.24) is 15.2 Å². The Kier molecular flexibility index (Phi) is 6.18. The lowest BCUT2D eigenvalue weighted by molar-refractivity contribution is 0.0665. The Morgan fingerprint density at radius 3 is 2.40 bits per heavy atom. The summed E-state index contributed by atoms with van der Waals surface area (Å²) in [5.41, 5.74) is 3.33. The molecule has 0 bridgehead atoms. The molecule has 4 rings (SSSR count). The van der Waals surface area contributed by atoms with E-state index in [2.05, 4.69) is 22.4 Å². The van der Waals surface area contributed by atoms with E-state index >= 15 is 0 Å². The summed E-state index contributed by atoms with van der Waals surface area (Å²) in [6.07, 6.45) is 3.57. The van der Waals surface area contributed by atoms with Crippen molar-refractivity contribution in [3.05, 3.63) is 90.3 Å². The molecule has 3 aromatic rings. The van der Waals surface area contributed by atoms with Crippen molar-refractivity contribution >= 4 is 11.8 Å². The third kappa shape index (κ3) is 4.74. The Morgan fingerprint density at radius 1 is 0.933 bits per heavy atom. The standard InChI is InChI=1S/C25H25N3O2/c29-24(22-13-11-21(12-14-22)20-8-2-1-3-9-20)27-17-19-7-6-16-28(18-19)25(30)23-10-4-5-15-26-23/h1-5,8-15,19H,6-7,16-18H2,(H,27,29). The molecule has 0 aliphatic carbocycles. The van der Waals surface area contributed by atoms with Gasteiger partial charge in [-0.25, -0.2) is 0 Å². The van der Waals surface area contributed by atoms with Crippen LogP contribution in [-0.2, 0) is 0 Å². The summed E-state index contributed by atoms with van der Waals surface area (Å²) in [6, 6.07) is 23.1. The smallest absolute Gasteiger partial charge is 0.272 e. The largest absolute Gasteiger partial charge is 0.352 e. The zero-order valence-electron chi connectivity index (χ0n) is 16.8. The molecule has 1 aromatic heterocycles. The summed E-state index contributed by atoms with van der Waals surface area (Å²) in [7, 11) is 0. The maximum Gasteiger partial charge on any atom is 0.272 e. The SMILES string of the molecule is O=C(NCC1CCCN(C(=O)c2ccccn2)C1)c1ccc(-c2ccccc2)cc1. The number of nitrogens with one attached hydrogen (secondary N) is 1. The fourth-order valence-corrected chi connectivity index (χ4v) is 3.85. The van der Waals surface area contributed by atoms with E-state index in [0.29, 0.717) is 24.3 Å². The molecule has 1 unspecified atom stereocenters. The van der Waals surface area contributed by atoms with Crippen LogP contribution < -0.4 is 5.32 Å². The van der Waals surface area contributed by atoms with Gasteiger partial charge in [0.25, 0.3) is 11.8 Å². The molecule has 2 heterocycles. The highest BCUT2D eigenvalue weighted by Gasteiger charge is 2.25. The highest BCUT2D eigenvalue weighted by Crippen LogP contribution is 2.20. The number of piperidine rings is 1. The van der Waals surface area contributed by atoms with Crippen LogP contribution >= 0.6 is 0 Å². The maximum atomic E-state index is 12.6. The first-order valence-corrected chi connectivity index (χ1v) is 10.3. The second-order valence-corrected chi connectivity index (χ2v) is 7.63. The van der Waals surface area contributed by atoms with Gasteiger partial charge in [-0.15, -0.1) is 0 Å². The lowest BCUT2D eigenvalue weighted by Gasteiger charge is -2.32. The highest BCUT2D eigenvalue weighted by molar-refractivity contribution is 5.94. The molecule has 1 N–H and O–H groups in total. The van der Waals surface area contributed by atoms with Gasteiger partial charge in [-0.2, -0.15) is 0 Å². The van der Waals surface area contributed by atoms with E-state index < -0.39 is 0 Å². The normalized spacial score (nSPS) is 16.1. The average molecular weight is 399 g/mol. The number of carbonyl (C=O) groups is 2. The summed E-state index contributed by atoms with van der Waals surface area (Å²) in [4.78, 5) is 31.2. The van der Waals surface area contributed by atoms with Crippen LogP contribution in [0.15, 0.2) is 79.0 Å². The summed E-state index contributed by atoms with van der Waals surface area (Å²) in [5.74, 6) is 0.130. The Labute approximate surface area is 176 Å². The molecule has 5 heteroatoms. The van der Waals surface area contributed by atoms with Gasteiger partial charge in [0.2, 0.25) is 0 Å². The van der Waals surface area contributed by atoms with Crippen LogP contribution in [0.2, 0.25) is 0 Å². The van der Waals surface area contributed by atoms with E-state index in [-0.39, 0.29) is 17.7 Å². The van der Waals surface area contributed by atoms with E-state index in [1.807, 2.05) is 53.4 Å². The van der Waals surface area contributed by atoms with Gasteiger partial charge >= 0.3 is 0 Å². The van der Waals surface area contributed by atoms with E-state index in [1.54, 1.807) is 18.3 Å². The molecule has 30 heavy (non-hydrogen) atoms. The number of likely N-dealkylation sites (tertiary alicyclic amines) is 1. The van der Waals surface area contributed by atoms with Gasteiger partial charge in [0, 0.05) is 31.4 Å². The van der Waals surface area contributed by atoms with Crippen molar-refractivity contribution < 1.29 is 9.59 Å². The summed E-state index contributed by atoms with van der Waals surface area (Å²) in [5, 5.41) is 3.03. The van der Waals surface area contributed by atoms with Gasteiger partial charge in [-0.05, 0) is 54.2 Å². The van der Waals surface area contributed by atoms with Gasteiger partial charge in [-0.1, -0.05) is 48.5 Å². The Balaban J connectivity index is 1.32. The monoisotopic (exact) mass is 399 g/mol. The lowest BCUT2D eigenvalue weighted by Crippen LogP contribution is -2.43. The molecule has 2 aromatic carbocycles. The molecular formula is C25H25N3O2. The van der Waals surface area contributed by atoms with E-state index in [0.717, 1.165) is 30.5 Å². The molecule has 1 saturated heterocycles. The van der Waals surface area contributed by atoms with Crippen molar-refractivity contribution in [2.75, 3.05) is 19.6 Å². The summed E-state index contributed by atoms with van der Waals surface area (Å²) >= 11 is 0.